The summed E-state index contributed by atoms with van der Waals surface area (Å²) in [5.74, 6) is 2.79. The van der Waals surface area contributed by atoms with Crippen LogP contribution in [-0.4, -0.2) is 32.9 Å². The average Bonchev–Trinajstić information content (AvgIpc) is 3.12. The van der Waals surface area contributed by atoms with Gasteiger partial charge in [0.2, 0.25) is 5.89 Å². The third-order valence-electron chi connectivity index (χ3n) is 4.61. The molecule has 0 radical (unpaired) electrons. The quantitative estimate of drug-likeness (QED) is 0.909. The van der Waals surface area contributed by atoms with Gasteiger partial charge in [0.25, 0.3) is 0 Å². The standard InChI is InChI=1S/C15H25N3OS2/c1-4-6-15(7-5-8-16-15)14-17-13(18-19-14)12-9-20-10(2)11(3)21-12/h10-12,16H,4-9H2,1-3H3. The minimum Gasteiger partial charge on any atom is -0.337 e. The van der Waals surface area contributed by atoms with Crippen LogP contribution in [0.4, 0.5) is 0 Å². The number of hydrogen-bond acceptors (Lipinski definition) is 6. The maximum absolute atomic E-state index is 5.67. The van der Waals surface area contributed by atoms with Gasteiger partial charge in [-0.2, -0.15) is 16.7 Å². The lowest BCUT2D eigenvalue weighted by molar-refractivity contribution is 0.240. The summed E-state index contributed by atoms with van der Waals surface area (Å²) in [6.07, 6.45) is 4.52. The Labute approximate surface area is 135 Å². The van der Waals surface area contributed by atoms with Crippen molar-refractivity contribution in [3.63, 3.8) is 0 Å². The Morgan fingerprint density at radius 3 is 2.90 bits per heavy atom. The fraction of sp³-hybridized carbons (Fsp3) is 0.867. The summed E-state index contributed by atoms with van der Waals surface area (Å²) in [7, 11) is 0. The van der Waals surface area contributed by atoms with E-state index < -0.39 is 0 Å². The highest BCUT2D eigenvalue weighted by molar-refractivity contribution is 8.07. The van der Waals surface area contributed by atoms with E-state index in [1.165, 1.54) is 6.42 Å². The lowest BCUT2D eigenvalue weighted by Crippen LogP contribution is -2.37. The number of hydrogen-bond donors (Lipinski definition) is 1. The summed E-state index contributed by atoms with van der Waals surface area (Å²) in [6.45, 7) is 7.88. The molecule has 118 valence electrons. The van der Waals surface area contributed by atoms with Gasteiger partial charge in [-0.05, 0) is 25.8 Å². The highest BCUT2D eigenvalue weighted by Gasteiger charge is 2.40. The molecule has 0 aliphatic carbocycles. The Balaban J connectivity index is 1.76. The average molecular weight is 328 g/mol. The van der Waals surface area contributed by atoms with Crippen LogP contribution in [0.25, 0.3) is 0 Å². The lowest BCUT2D eigenvalue weighted by Gasteiger charge is -2.29. The Kier molecular flexibility index (Phi) is 4.86. The molecule has 3 heterocycles. The second-order valence-electron chi connectivity index (χ2n) is 6.19. The normalized spacial score (nSPS) is 37.0. The zero-order valence-electron chi connectivity index (χ0n) is 13.1. The van der Waals surface area contributed by atoms with E-state index in [0.29, 0.717) is 15.7 Å². The molecule has 4 nitrogen and oxygen atoms in total. The number of nitrogens with one attached hydrogen (secondary N) is 1. The van der Waals surface area contributed by atoms with E-state index >= 15 is 0 Å². The summed E-state index contributed by atoms with van der Waals surface area (Å²) in [5.41, 5.74) is -0.0641. The predicted molar refractivity (Wildman–Crippen MR) is 89.8 cm³/mol. The molecule has 0 bridgehead atoms. The van der Waals surface area contributed by atoms with E-state index in [9.17, 15) is 0 Å². The van der Waals surface area contributed by atoms with Crippen molar-refractivity contribution in [2.75, 3.05) is 12.3 Å². The van der Waals surface area contributed by atoms with Gasteiger partial charge in [0.15, 0.2) is 5.82 Å². The van der Waals surface area contributed by atoms with E-state index in [-0.39, 0.29) is 5.54 Å². The predicted octanol–water partition coefficient (Wildman–Crippen LogP) is 3.75. The van der Waals surface area contributed by atoms with Crippen LogP contribution < -0.4 is 5.32 Å². The molecule has 6 heteroatoms. The molecule has 0 amide bonds. The van der Waals surface area contributed by atoms with Crippen molar-refractivity contribution in [1.29, 1.82) is 0 Å². The molecule has 21 heavy (non-hydrogen) atoms. The third kappa shape index (κ3) is 3.13. The van der Waals surface area contributed by atoms with Crippen LogP contribution in [0.2, 0.25) is 0 Å². The second-order valence-corrected chi connectivity index (χ2v) is 9.18. The van der Waals surface area contributed by atoms with Crippen molar-refractivity contribution in [2.24, 2.45) is 0 Å². The fourth-order valence-electron chi connectivity index (χ4n) is 3.21. The molecule has 0 spiro atoms. The molecule has 2 aliphatic heterocycles. The summed E-state index contributed by atoms with van der Waals surface area (Å²) >= 11 is 4.01. The van der Waals surface area contributed by atoms with Gasteiger partial charge in [-0.25, -0.2) is 0 Å². The highest BCUT2D eigenvalue weighted by atomic mass is 32.2. The molecule has 2 aliphatic rings. The minimum absolute atomic E-state index is 0.0641. The largest absolute Gasteiger partial charge is 0.337 e. The maximum Gasteiger partial charge on any atom is 0.246 e. The van der Waals surface area contributed by atoms with Gasteiger partial charge in [0.1, 0.15) is 0 Å². The van der Waals surface area contributed by atoms with Crippen molar-refractivity contribution in [2.45, 2.75) is 67.7 Å². The van der Waals surface area contributed by atoms with Gasteiger partial charge in [-0.15, -0.1) is 11.8 Å². The molecule has 3 rings (SSSR count). The number of nitrogens with zero attached hydrogens (tertiary/aromatic N) is 2. The van der Waals surface area contributed by atoms with E-state index in [4.69, 9.17) is 9.51 Å². The zero-order valence-corrected chi connectivity index (χ0v) is 14.7. The monoisotopic (exact) mass is 327 g/mol. The van der Waals surface area contributed by atoms with Crippen LogP contribution in [0.5, 0.6) is 0 Å². The number of aromatic nitrogens is 2. The third-order valence-corrected chi connectivity index (χ3v) is 8.00. The maximum atomic E-state index is 5.67. The van der Waals surface area contributed by atoms with Crippen LogP contribution in [0, 0.1) is 0 Å². The van der Waals surface area contributed by atoms with E-state index in [1.54, 1.807) is 0 Å². The van der Waals surface area contributed by atoms with Gasteiger partial charge in [0.05, 0.1) is 10.8 Å². The summed E-state index contributed by atoms with van der Waals surface area (Å²) in [6, 6.07) is 0. The van der Waals surface area contributed by atoms with Crippen LogP contribution in [-0.2, 0) is 5.54 Å². The molecule has 2 saturated heterocycles. The molecule has 4 unspecified atom stereocenters. The van der Waals surface area contributed by atoms with Crippen molar-refractivity contribution in [3.05, 3.63) is 11.7 Å². The zero-order chi connectivity index (χ0) is 14.9. The Hall–Kier alpha value is -0.200. The molecular formula is C15H25N3OS2. The van der Waals surface area contributed by atoms with Gasteiger partial charge in [-0.3, -0.25) is 0 Å². The Bertz CT molecular complexity index is 473. The Morgan fingerprint density at radius 1 is 1.38 bits per heavy atom. The van der Waals surface area contributed by atoms with E-state index in [0.717, 1.165) is 43.3 Å². The summed E-state index contributed by atoms with van der Waals surface area (Å²) in [4.78, 5) is 4.79. The minimum atomic E-state index is -0.0641. The van der Waals surface area contributed by atoms with E-state index in [2.05, 4.69) is 31.2 Å². The molecule has 0 saturated carbocycles. The topological polar surface area (TPSA) is 51.0 Å². The number of rotatable bonds is 4. The molecule has 4 atom stereocenters. The SMILES string of the molecule is CCCC1(c2nc(C3CSC(C)C(C)S3)no2)CCCN1. The van der Waals surface area contributed by atoms with Crippen molar-refractivity contribution in [3.8, 4) is 0 Å². The lowest BCUT2D eigenvalue weighted by atomic mass is 9.92. The van der Waals surface area contributed by atoms with Gasteiger partial charge in [-0.1, -0.05) is 32.3 Å². The van der Waals surface area contributed by atoms with Crippen LogP contribution in [0.1, 0.15) is 63.4 Å². The Morgan fingerprint density at radius 2 is 2.24 bits per heavy atom. The molecule has 0 aromatic carbocycles. The van der Waals surface area contributed by atoms with E-state index in [1.807, 2.05) is 23.5 Å². The smallest absolute Gasteiger partial charge is 0.246 e. The first-order chi connectivity index (χ1) is 10.1. The summed E-state index contributed by atoms with van der Waals surface area (Å²) < 4.78 is 5.67. The van der Waals surface area contributed by atoms with Crippen molar-refractivity contribution < 1.29 is 4.52 Å². The van der Waals surface area contributed by atoms with Crippen LogP contribution >= 0.6 is 23.5 Å². The highest BCUT2D eigenvalue weighted by Crippen LogP contribution is 2.44. The first kappa shape index (κ1) is 15.7. The van der Waals surface area contributed by atoms with Gasteiger partial charge in [0, 0.05) is 16.3 Å². The fourth-order valence-corrected chi connectivity index (χ4v) is 6.05. The molecule has 1 aromatic heterocycles. The molecule has 2 fully saturated rings. The first-order valence-corrected chi connectivity index (χ1v) is 10.00. The molecule has 1 N–H and O–H groups in total. The first-order valence-electron chi connectivity index (χ1n) is 8.01. The van der Waals surface area contributed by atoms with Crippen LogP contribution in [0.3, 0.4) is 0 Å². The van der Waals surface area contributed by atoms with Gasteiger partial charge >= 0.3 is 0 Å². The molecule has 1 aromatic rings. The van der Waals surface area contributed by atoms with Crippen LogP contribution in [0.15, 0.2) is 4.52 Å². The van der Waals surface area contributed by atoms with Crippen molar-refractivity contribution in [1.82, 2.24) is 15.5 Å². The number of thioether (sulfide) groups is 2. The second kappa shape index (κ2) is 6.50. The van der Waals surface area contributed by atoms with Gasteiger partial charge < -0.3 is 9.84 Å². The van der Waals surface area contributed by atoms with Crippen molar-refractivity contribution >= 4 is 23.5 Å². The molecular weight excluding hydrogens is 302 g/mol. The summed E-state index contributed by atoms with van der Waals surface area (Å²) in [5, 5.41) is 9.65.